The van der Waals surface area contributed by atoms with E-state index in [1.165, 1.54) is 11.8 Å². The molecule has 0 aliphatic carbocycles. The van der Waals surface area contributed by atoms with Crippen molar-refractivity contribution < 1.29 is 23.5 Å². The minimum atomic E-state index is -0.998. The number of thioether (sulfide) groups is 1. The van der Waals surface area contributed by atoms with Gasteiger partial charge in [0.2, 0.25) is 5.91 Å². The molecule has 3 rings (SSSR count). The van der Waals surface area contributed by atoms with Crippen LogP contribution in [0.4, 0.5) is 4.79 Å². The molecule has 0 unspecified atom stereocenters. The molecule has 0 bridgehead atoms. The van der Waals surface area contributed by atoms with Crippen LogP contribution in [0.25, 0.3) is 0 Å². The zero-order chi connectivity index (χ0) is 25.6. The number of alkyl carbamates (subject to hydrolysis) is 1. The van der Waals surface area contributed by atoms with E-state index >= 15 is 0 Å². The number of furan rings is 1. The van der Waals surface area contributed by atoms with E-state index in [4.69, 9.17) is 9.15 Å². The number of carbonyl (C=O) groups excluding carboxylic acids is 3. The molecule has 0 saturated heterocycles. The Hall–Kier alpha value is -3.52. The molecule has 2 N–H and O–H groups in total. The van der Waals surface area contributed by atoms with Gasteiger partial charge in [-0.3, -0.25) is 9.59 Å². The Morgan fingerprint density at radius 2 is 1.67 bits per heavy atom. The molecule has 0 saturated carbocycles. The summed E-state index contributed by atoms with van der Waals surface area (Å²) in [4.78, 5) is 38.9. The van der Waals surface area contributed by atoms with Gasteiger partial charge in [0.15, 0.2) is 5.78 Å². The summed E-state index contributed by atoms with van der Waals surface area (Å²) in [5.41, 5.74) is 1.44. The molecule has 8 heteroatoms. The van der Waals surface area contributed by atoms with Crippen molar-refractivity contribution in [2.24, 2.45) is 0 Å². The first-order valence-corrected chi connectivity index (χ1v) is 13.2. The van der Waals surface area contributed by atoms with Crippen molar-refractivity contribution in [3.8, 4) is 0 Å². The van der Waals surface area contributed by atoms with Gasteiger partial charge in [-0.15, -0.1) is 11.8 Å². The Morgan fingerprint density at radius 3 is 2.33 bits per heavy atom. The van der Waals surface area contributed by atoms with E-state index in [0.717, 1.165) is 24.2 Å². The highest BCUT2D eigenvalue weighted by atomic mass is 32.2. The van der Waals surface area contributed by atoms with E-state index in [1.807, 2.05) is 55.5 Å². The Labute approximate surface area is 216 Å². The minimum Gasteiger partial charge on any atom is -0.468 e. The van der Waals surface area contributed by atoms with Crippen molar-refractivity contribution in [2.45, 2.75) is 50.6 Å². The Kier molecular flexibility index (Phi) is 11.1. The van der Waals surface area contributed by atoms with Crippen LogP contribution >= 0.6 is 11.8 Å². The van der Waals surface area contributed by atoms with Gasteiger partial charge in [-0.25, -0.2) is 4.79 Å². The zero-order valence-corrected chi connectivity index (χ0v) is 21.2. The van der Waals surface area contributed by atoms with Crippen LogP contribution in [-0.2, 0) is 26.7 Å². The molecule has 1 heterocycles. The highest BCUT2D eigenvalue weighted by molar-refractivity contribution is 7.99. The SMILES string of the molecule is CCCC[C@H](NC(=O)[C@@H](NC(=O)OCc1ccccc1)c1ccccc1)C(=O)CSCc1ccco1. The van der Waals surface area contributed by atoms with Crippen LogP contribution < -0.4 is 10.6 Å². The fourth-order valence-corrected chi connectivity index (χ4v) is 4.42. The number of ketones is 1. The van der Waals surface area contributed by atoms with Crippen molar-refractivity contribution in [3.05, 3.63) is 95.9 Å². The molecule has 0 radical (unpaired) electrons. The van der Waals surface area contributed by atoms with Gasteiger partial charge in [0, 0.05) is 0 Å². The van der Waals surface area contributed by atoms with E-state index in [1.54, 1.807) is 30.5 Å². The number of rotatable bonds is 14. The number of amides is 2. The number of ether oxygens (including phenoxy) is 1. The van der Waals surface area contributed by atoms with Crippen LogP contribution in [0.5, 0.6) is 0 Å². The lowest BCUT2D eigenvalue weighted by Crippen LogP contribution is -2.47. The van der Waals surface area contributed by atoms with Crippen LogP contribution in [-0.4, -0.2) is 29.6 Å². The van der Waals surface area contributed by atoms with Crippen molar-refractivity contribution in [1.29, 1.82) is 0 Å². The third-order valence-corrected chi connectivity index (χ3v) is 6.47. The fourth-order valence-electron chi connectivity index (χ4n) is 3.55. The Bertz CT molecular complexity index is 1070. The molecule has 7 nitrogen and oxygen atoms in total. The molecular weight excluding hydrogens is 476 g/mol. The van der Waals surface area contributed by atoms with E-state index in [-0.39, 0.29) is 18.1 Å². The summed E-state index contributed by atoms with van der Waals surface area (Å²) < 4.78 is 10.6. The Balaban J connectivity index is 1.64. The molecule has 1 aromatic heterocycles. The number of nitrogens with one attached hydrogen (secondary N) is 2. The second-order valence-electron chi connectivity index (χ2n) is 8.29. The summed E-state index contributed by atoms with van der Waals surface area (Å²) in [6, 6.07) is 20.2. The summed E-state index contributed by atoms with van der Waals surface area (Å²) in [6.07, 6.45) is 3.10. The second-order valence-corrected chi connectivity index (χ2v) is 9.28. The number of hydrogen-bond donors (Lipinski definition) is 2. The smallest absolute Gasteiger partial charge is 0.408 e. The molecule has 0 fully saturated rings. The van der Waals surface area contributed by atoms with Gasteiger partial charge in [-0.1, -0.05) is 80.4 Å². The zero-order valence-electron chi connectivity index (χ0n) is 20.4. The average molecular weight is 509 g/mol. The Morgan fingerprint density at radius 1 is 0.944 bits per heavy atom. The predicted molar refractivity (Wildman–Crippen MR) is 140 cm³/mol. The monoisotopic (exact) mass is 508 g/mol. The van der Waals surface area contributed by atoms with Crippen molar-refractivity contribution in [1.82, 2.24) is 10.6 Å². The van der Waals surface area contributed by atoms with Crippen LogP contribution in [0, 0.1) is 0 Å². The molecule has 3 aromatic rings. The lowest BCUT2D eigenvalue weighted by atomic mass is 10.0. The number of benzene rings is 2. The normalized spacial score (nSPS) is 12.4. The lowest BCUT2D eigenvalue weighted by Gasteiger charge is -2.23. The number of hydrogen-bond acceptors (Lipinski definition) is 6. The topological polar surface area (TPSA) is 97.6 Å². The van der Waals surface area contributed by atoms with Gasteiger partial charge in [-0.2, -0.15) is 0 Å². The largest absolute Gasteiger partial charge is 0.468 e. The van der Waals surface area contributed by atoms with Gasteiger partial charge < -0.3 is 19.8 Å². The van der Waals surface area contributed by atoms with Crippen LogP contribution in [0.2, 0.25) is 0 Å². The molecule has 36 heavy (non-hydrogen) atoms. The summed E-state index contributed by atoms with van der Waals surface area (Å²) in [6.45, 7) is 2.12. The van der Waals surface area contributed by atoms with E-state index in [2.05, 4.69) is 10.6 Å². The van der Waals surface area contributed by atoms with Gasteiger partial charge in [0.05, 0.1) is 23.8 Å². The molecule has 2 aromatic carbocycles. The van der Waals surface area contributed by atoms with Crippen LogP contribution in [0.1, 0.15) is 49.1 Å². The molecule has 0 spiro atoms. The summed E-state index contributed by atoms with van der Waals surface area (Å²) >= 11 is 1.44. The maximum absolute atomic E-state index is 13.3. The molecular formula is C28H32N2O5S. The first-order valence-electron chi connectivity index (χ1n) is 12.0. The number of unbranched alkanes of at least 4 members (excludes halogenated alkanes) is 1. The van der Waals surface area contributed by atoms with Crippen molar-refractivity contribution in [2.75, 3.05) is 5.75 Å². The van der Waals surface area contributed by atoms with E-state index in [9.17, 15) is 14.4 Å². The average Bonchev–Trinajstić information content (AvgIpc) is 3.43. The van der Waals surface area contributed by atoms with Crippen molar-refractivity contribution >= 4 is 29.5 Å². The predicted octanol–water partition coefficient (Wildman–Crippen LogP) is 5.42. The lowest BCUT2D eigenvalue weighted by molar-refractivity contribution is -0.128. The van der Waals surface area contributed by atoms with Crippen LogP contribution in [0.3, 0.4) is 0 Å². The van der Waals surface area contributed by atoms with E-state index in [0.29, 0.717) is 17.7 Å². The quantitative estimate of drug-likeness (QED) is 0.302. The third-order valence-electron chi connectivity index (χ3n) is 5.49. The summed E-state index contributed by atoms with van der Waals surface area (Å²) in [7, 11) is 0. The molecule has 0 aliphatic heterocycles. The number of carbonyl (C=O) groups is 3. The molecule has 190 valence electrons. The highest BCUT2D eigenvalue weighted by Crippen LogP contribution is 2.17. The first-order chi connectivity index (χ1) is 17.6. The van der Waals surface area contributed by atoms with Gasteiger partial charge >= 0.3 is 6.09 Å². The molecule has 2 amide bonds. The number of Topliss-reactive ketones (excluding diaryl/α,β-unsaturated/α-hetero) is 1. The maximum atomic E-state index is 13.3. The summed E-state index contributed by atoms with van der Waals surface area (Å²) in [5.74, 6) is 1.10. The molecule has 2 atom stereocenters. The van der Waals surface area contributed by atoms with Gasteiger partial charge in [-0.05, 0) is 29.7 Å². The minimum absolute atomic E-state index is 0.0631. The standard InChI is InChI=1S/C28H32N2O5S/c1-2-3-16-24(25(31)20-36-19-23-15-10-17-34-23)29-27(32)26(22-13-8-5-9-14-22)30-28(33)35-18-21-11-6-4-7-12-21/h4-15,17,24,26H,2-3,16,18-20H2,1H3,(H,29,32)(H,30,33)/t24-,26-/m0/s1. The van der Waals surface area contributed by atoms with Gasteiger partial charge in [0.1, 0.15) is 18.4 Å². The second kappa shape index (κ2) is 14.8. The van der Waals surface area contributed by atoms with Crippen molar-refractivity contribution in [3.63, 3.8) is 0 Å². The molecule has 0 aliphatic rings. The maximum Gasteiger partial charge on any atom is 0.408 e. The highest BCUT2D eigenvalue weighted by Gasteiger charge is 2.28. The van der Waals surface area contributed by atoms with E-state index < -0.39 is 24.1 Å². The van der Waals surface area contributed by atoms with Gasteiger partial charge in [0.25, 0.3) is 0 Å². The van der Waals surface area contributed by atoms with Crippen LogP contribution in [0.15, 0.2) is 83.5 Å². The summed E-state index contributed by atoms with van der Waals surface area (Å²) in [5, 5.41) is 5.54. The first kappa shape index (κ1) is 27.1. The third kappa shape index (κ3) is 8.92. The fraction of sp³-hybridized carbons (Fsp3) is 0.321.